The summed E-state index contributed by atoms with van der Waals surface area (Å²) in [6, 6.07) is 2.10. The van der Waals surface area contributed by atoms with Crippen molar-refractivity contribution in [1.29, 1.82) is 0 Å². The van der Waals surface area contributed by atoms with E-state index in [9.17, 15) is 0 Å². The van der Waals surface area contributed by atoms with Crippen LogP contribution < -0.4 is 4.74 Å². The molecule has 1 aliphatic rings. The minimum absolute atomic E-state index is 0.113. The molecular weight excluding hydrogens is 214 g/mol. The Kier molecular flexibility index (Phi) is 3.67. The van der Waals surface area contributed by atoms with E-state index in [1.54, 1.807) is 6.20 Å². The SMILES string of the molecule is CC(C)(C)c1cncc(OC2CCOCC2)c1. The van der Waals surface area contributed by atoms with Gasteiger partial charge in [-0.05, 0) is 17.0 Å². The Morgan fingerprint density at radius 3 is 2.59 bits per heavy atom. The van der Waals surface area contributed by atoms with Crippen LogP contribution in [0.1, 0.15) is 39.2 Å². The third-order valence-corrected chi connectivity index (χ3v) is 3.05. The highest BCUT2D eigenvalue weighted by atomic mass is 16.5. The van der Waals surface area contributed by atoms with Crippen LogP contribution in [0.2, 0.25) is 0 Å². The van der Waals surface area contributed by atoms with E-state index in [0.29, 0.717) is 0 Å². The lowest BCUT2D eigenvalue weighted by Crippen LogP contribution is -2.26. The first kappa shape index (κ1) is 12.4. The lowest BCUT2D eigenvalue weighted by molar-refractivity contribution is 0.0253. The second kappa shape index (κ2) is 5.05. The van der Waals surface area contributed by atoms with E-state index in [0.717, 1.165) is 31.8 Å². The quantitative estimate of drug-likeness (QED) is 0.789. The van der Waals surface area contributed by atoms with Crippen LogP contribution in [0.3, 0.4) is 0 Å². The zero-order valence-electron chi connectivity index (χ0n) is 10.9. The molecule has 0 aliphatic carbocycles. The number of rotatable bonds is 2. The van der Waals surface area contributed by atoms with Crippen LogP contribution in [0, 0.1) is 0 Å². The highest BCUT2D eigenvalue weighted by Gasteiger charge is 2.18. The maximum atomic E-state index is 5.95. The number of nitrogens with zero attached hydrogens (tertiary/aromatic N) is 1. The molecule has 17 heavy (non-hydrogen) atoms. The molecule has 3 nitrogen and oxygen atoms in total. The zero-order chi connectivity index (χ0) is 12.3. The van der Waals surface area contributed by atoms with Crippen molar-refractivity contribution in [2.45, 2.75) is 45.1 Å². The molecule has 1 aromatic rings. The summed E-state index contributed by atoms with van der Waals surface area (Å²) >= 11 is 0. The van der Waals surface area contributed by atoms with Crippen LogP contribution in [0.4, 0.5) is 0 Å². The zero-order valence-corrected chi connectivity index (χ0v) is 10.9. The lowest BCUT2D eigenvalue weighted by atomic mass is 9.88. The van der Waals surface area contributed by atoms with Gasteiger partial charge >= 0.3 is 0 Å². The van der Waals surface area contributed by atoms with E-state index in [1.807, 2.05) is 6.20 Å². The van der Waals surface area contributed by atoms with Gasteiger partial charge in [0.2, 0.25) is 0 Å². The smallest absolute Gasteiger partial charge is 0.138 e. The summed E-state index contributed by atoms with van der Waals surface area (Å²) in [5.41, 5.74) is 1.32. The molecule has 0 saturated carbocycles. The maximum absolute atomic E-state index is 5.95. The van der Waals surface area contributed by atoms with Gasteiger partial charge in [-0.25, -0.2) is 0 Å². The summed E-state index contributed by atoms with van der Waals surface area (Å²) in [7, 11) is 0. The molecule has 0 amide bonds. The molecular formula is C14H21NO2. The van der Waals surface area contributed by atoms with Crippen LogP contribution in [0.5, 0.6) is 5.75 Å². The molecule has 0 radical (unpaired) electrons. The lowest BCUT2D eigenvalue weighted by Gasteiger charge is -2.24. The third kappa shape index (κ3) is 3.43. The van der Waals surface area contributed by atoms with Gasteiger partial charge in [0.25, 0.3) is 0 Å². The van der Waals surface area contributed by atoms with Gasteiger partial charge in [0.05, 0.1) is 19.4 Å². The summed E-state index contributed by atoms with van der Waals surface area (Å²) < 4.78 is 11.3. The van der Waals surface area contributed by atoms with Crippen molar-refractivity contribution in [3.63, 3.8) is 0 Å². The second-order valence-corrected chi connectivity index (χ2v) is 5.59. The van der Waals surface area contributed by atoms with Gasteiger partial charge in [0, 0.05) is 19.0 Å². The highest BCUT2D eigenvalue weighted by molar-refractivity contribution is 5.28. The van der Waals surface area contributed by atoms with Gasteiger partial charge in [-0.3, -0.25) is 4.98 Å². The molecule has 3 heteroatoms. The van der Waals surface area contributed by atoms with Gasteiger partial charge in [0.15, 0.2) is 0 Å². The molecule has 0 spiro atoms. The fourth-order valence-electron chi connectivity index (χ4n) is 1.88. The molecule has 0 bridgehead atoms. The van der Waals surface area contributed by atoms with Crippen molar-refractivity contribution >= 4 is 0 Å². The Balaban J connectivity index is 2.05. The molecule has 1 aromatic heterocycles. The molecule has 0 aromatic carbocycles. The Bertz CT molecular complexity index is 365. The van der Waals surface area contributed by atoms with Crippen molar-refractivity contribution in [3.8, 4) is 5.75 Å². The molecule has 94 valence electrons. The van der Waals surface area contributed by atoms with E-state index < -0.39 is 0 Å². The van der Waals surface area contributed by atoms with Crippen molar-refractivity contribution in [3.05, 3.63) is 24.0 Å². The Morgan fingerprint density at radius 1 is 1.24 bits per heavy atom. The van der Waals surface area contributed by atoms with E-state index in [4.69, 9.17) is 9.47 Å². The monoisotopic (exact) mass is 235 g/mol. The standard InChI is InChI=1S/C14H21NO2/c1-14(2,3)11-8-13(10-15-9-11)17-12-4-6-16-7-5-12/h8-10,12H,4-7H2,1-3H3. The number of pyridine rings is 1. The van der Waals surface area contributed by atoms with Crippen LogP contribution in [0.15, 0.2) is 18.5 Å². The first-order valence-corrected chi connectivity index (χ1v) is 6.25. The van der Waals surface area contributed by atoms with Crippen LogP contribution in [0.25, 0.3) is 0 Å². The summed E-state index contributed by atoms with van der Waals surface area (Å²) in [6.45, 7) is 8.15. The molecule has 2 heterocycles. The van der Waals surface area contributed by atoms with E-state index >= 15 is 0 Å². The molecule has 0 unspecified atom stereocenters. The van der Waals surface area contributed by atoms with Gasteiger partial charge in [-0.2, -0.15) is 0 Å². The minimum atomic E-state index is 0.113. The predicted octanol–water partition coefficient (Wildman–Crippen LogP) is 2.94. The van der Waals surface area contributed by atoms with Gasteiger partial charge < -0.3 is 9.47 Å². The van der Waals surface area contributed by atoms with Crippen molar-refractivity contribution in [2.24, 2.45) is 0 Å². The Labute approximate surface area is 103 Å². The Morgan fingerprint density at radius 2 is 1.94 bits per heavy atom. The molecule has 0 N–H and O–H groups in total. The van der Waals surface area contributed by atoms with Crippen molar-refractivity contribution in [1.82, 2.24) is 4.98 Å². The van der Waals surface area contributed by atoms with Crippen molar-refractivity contribution < 1.29 is 9.47 Å². The second-order valence-electron chi connectivity index (χ2n) is 5.59. The summed E-state index contributed by atoms with van der Waals surface area (Å²) in [6.07, 6.45) is 5.93. The predicted molar refractivity (Wildman–Crippen MR) is 67.4 cm³/mol. The fraction of sp³-hybridized carbons (Fsp3) is 0.643. The number of ether oxygens (including phenoxy) is 2. The average molecular weight is 235 g/mol. The topological polar surface area (TPSA) is 31.4 Å². The van der Waals surface area contributed by atoms with Gasteiger partial charge in [-0.15, -0.1) is 0 Å². The third-order valence-electron chi connectivity index (χ3n) is 3.05. The maximum Gasteiger partial charge on any atom is 0.138 e. The summed E-state index contributed by atoms with van der Waals surface area (Å²) in [4.78, 5) is 4.26. The molecule has 1 fully saturated rings. The summed E-state index contributed by atoms with van der Waals surface area (Å²) in [5.74, 6) is 0.879. The first-order valence-electron chi connectivity index (χ1n) is 6.25. The highest BCUT2D eigenvalue weighted by Crippen LogP contribution is 2.25. The van der Waals surface area contributed by atoms with Gasteiger partial charge in [-0.1, -0.05) is 20.8 Å². The van der Waals surface area contributed by atoms with Crippen LogP contribution in [-0.2, 0) is 10.2 Å². The number of hydrogen-bond acceptors (Lipinski definition) is 3. The summed E-state index contributed by atoms with van der Waals surface area (Å²) in [5, 5.41) is 0. The van der Waals surface area contributed by atoms with E-state index in [2.05, 4.69) is 31.8 Å². The number of aromatic nitrogens is 1. The van der Waals surface area contributed by atoms with E-state index in [1.165, 1.54) is 5.56 Å². The molecule has 1 aliphatic heterocycles. The first-order chi connectivity index (χ1) is 8.05. The van der Waals surface area contributed by atoms with Crippen LogP contribution >= 0.6 is 0 Å². The fourth-order valence-corrected chi connectivity index (χ4v) is 1.88. The van der Waals surface area contributed by atoms with Gasteiger partial charge in [0.1, 0.15) is 11.9 Å². The minimum Gasteiger partial charge on any atom is -0.489 e. The normalized spacial score (nSPS) is 18.1. The van der Waals surface area contributed by atoms with Crippen LogP contribution in [-0.4, -0.2) is 24.3 Å². The number of hydrogen-bond donors (Lipinski definition) is 0. The average Bonchev–Trinajstić information content (AvgIpc) is 2.29. The largest absolute Gasteiger partial charge is 0.489 e. The van der Waals surface area contributed by atoms with E-state index in [-0.39, 0.29) is 11.5 Å². The van der Waals surface area contributed by atoms with Crippen molar-refractivity contribution in [2.75, 3.05) is 13.2 Å². The molecule has 2 rings (SSSR count). The molecule has 0 atom stereocenters. The Hall–Kier alpha value is -1.09. The molecule has 1 saturated heterocycles.